The highest BCUT2D eigenvalue weighted by Crippen LogP contribution is 2.01. The van der Waals surface area contributed by atoms with Crippen LogP contribution in [0.2, 0.25) is 0 Å². The van der Waals surface area contributed by atoms with E-state index in [4.69, 9.17) is 0 Å². The van der Waals surface area contributed by atoms with Gasteiger partial charge in [-0.15, -0.1) is 0 Å². The first-order chi connectivity index (χ1) is 5.83. The van der Waals surface area contributed by atoms with E-state index in [2.05, 4.69) is 50.4 Å². The predicted molar refractivity (Wildman–Crippen MR) is 55.1 cm³/mol. The molecule has 0 bridgehead atoms. The van der Waals surface area contributed by atoms with Crippen LogP contribution in [0.4, 0.5) is 0 Å². The van der Waals surface area contributed by atoms with Crippen molar-refractivity contribution < 1.29 is 0 Å². The lowest BCUT2D eigenvalue weighted by Gasteiger charge is -1.88. The summed E-state index contributed by atoms with van der Waals surface area (Å²) in [5.41, 5.74) is 0.694. The van der Waals surface area contributed by atoms with Gasteiger partial charge in [0.1, 0.15) is 10.3 Å². The predicted octanol–water partition coefficient (Wildman–Crippen LogP) is 1.91. The van der Waals surface area contributed by atoms with Crippen molar-refractivity contribution in [2.75, 3.05) is 5.75 Å². The SMILES string of the molecule is SCCC#Cc1cnc(Br)cn1. The fourth-order valence-corrected chi connectivity index (χ4v) is 0.902. The molecule has 1 rings (SSSR count). The summed E-state index contributed by atoms with van der Waals surface area (Å²) in [4.78, 5) is 8.03. The van der Waals surface area contributed by atoms with Gasteiger partial charge in [0.25, 0.3) is 0 Å². The molecule has 1 aromatic heterocycles. The summed E-state index contributed by atoms with van der Waals surface area (Å²) in [5.74, 6) is 6.58. The zero-order valence-corrected chi connectivity index (χ0v) is 8.77. The third-order valence-electron chi connectivity index (χ3n) is 1.07. The van der Waals surface area contributed by atoms with Crippen molar-refractivity contribution in [2.45, 2.75) is 6.42 Å². The van der Waals surface area contributed by atoms with E-state index in [-0.39, 0.29) is 0 Å². The Kier molecular flexibility index (Phi) is 4.12. The second-order valence-corrected chi connectivity index (χ2v) is 3.26. The van der Waals surface area contributed by atoms with Gasteiger partial charge in [-0.2, -0.15) is 12.6 Å². The lowest BCUT2D eigenvalue weighted by molar-refractivity contribution is 1.14. The number of hydrogen-bond donors (Lipinski definition) is 1. The van der Waals surface area contributed by atoms with Crippen LogP contribution in [0.5, 0.6) is 0 Å². The van der Waals surface area contributed by atoms with Crippen molar-refractivity contribution in [1.29, 1.82) is 0 Å². The highest BCUT2D eigenvalue weighted by atomic mass is 79.9. The summed E-state index contributed by atoms with van der Waals surface area (Å²) in [6, 6.07) is 0. The fraction of sp³-hybridized carbons (Fsp3) is 0.250. The maximum Gasteiger partial charge on any atom is 0.131 e. The number of nitrogens with zero attached hydrogens (tertiary/aromatic N) is 2. The highest BCUT2D eigenvalue weighted by molar-refractivity contribution is 9.10. The summed E-state index contributed by atoms with van der Waals surface area (Å²) < 4.78 is 0.724. The second-order valence-electron chi connectivity index (χ2n) is 2.00. The number of halogens is 1. The molecular formula is C8H7BrN2S. The van der Waals surface area contributed by atoms with Gasteiger partial charge < -0.3 is 0 Å². The first-order valence-corrected chi connectivity index (χ1v) is 4.83. The second kappa shape index (κ2) is 5.18. The average Bonchev–Trinajstić information content (AvgIpc) is 2.09. The summed E-state index contributed by atoms with van der Waals surface area (Å²) in [7, 11) is 0. The molecule has 0 atom stereocenters. The van der Waals surface area contributed by atoms with Crippen molar-refractivity contribution in [3.63, 3.8) is 0 Å². The molecule has 4 heteroatoms. The van der Waals surface area contributed by atoms with Crippen LogP contribution in [0, 0.1) is 11.8 Å². The maximum atomic E-state index is 4.04. The van der Waals surface area contributed by atoms with Gasteiger partial charge in [-0.3, -0.25) is 0 Å². The molecule has 1 heterocycles. The molecule has 0 saturated carbocycles. The van der Waals surface area contributed by atoms with Crippen LogP contribution in [-0.4, -0.2) is 15.7 Å². The van der Waals surface area contributed by atoms with Crippen LogP contribution in [0.3, 0.4) is 0 Å². The quantitative estimate of drug-likeness (QED) is 0.602. The minimum Gasteiger partial charge on any atom is -0.245 e. The molecule has 0 aliphatic carbocycles. The van der Waals surface area contributed by atoms with Gasteiger partial charge >= 0.3 is 0 Å². The summed E-state index contributed by atoms with van der Waals surface area (Å²) in [5, 5.41) is 0. The van der Waals surface area contributed by atoms with E-state index in [1.54, 1.807) is 12.4 Å². The topological polar surface area (TPSA) is 25.8 Å². The Bertz CT molecular complexity index is 299. The van der Waals surface area contributed by atoms with Crippen molar-refractivity contribution in [3.05, 3.63) is 22.7 Å². The monoisotopic (exact) mass is 242 g/mol. The standard InChI is InChI=1S/C8H7BrN2S/c9-8-6-10-7(5-11-8)3-1-2-4-12/h5-6,12H,2,4H2. The lowest BCUT2D eigenvalue weighted by Crippen LogP contribution is -1.84. The van der Waals surface area contributed by atoms with Crippen molar-refractivity contribution >= 4 is 28.6 Å². The van der Waals surface area contributed by atoms with E-state index in [0.29, 0.717) is 5.69 Å². The van der Waals surface area contributed by atoms with Crippen LogP contribution in [0.25, 0.3) is 0 Å². The summed E-state index contributed by atoms with van der Waals surface area (Å²) in [6.07, 6.45) is 4.04. The van der Waals surface area contributed by atoms with Gasteiger partial charge in [-0.25, -0.2) is 9.97 Å². The molecule has 0 amide bonds. The molecule has 1 aromatic rings. The van der Waals surface area contributed by atoms with Crippen LogP contribution >= 0.6 is 28.6 Å². The Morgan fingerprint density at radius 2 is 2.25 bits per heavy atom. The smallest absolute Gasteiger partial charge is 0.131 e. The molecule has 0 aliphatic rings. The van der Waals surface area contributed by atoms with Gasteiger partial charge in [-0.05, 0) is 21.9 Å². The van der Waals surface area contributed by atoms with Gasteiger partial charge in [0.05, 0.1) is 12.4 Å². The van der Waals surface area contributed by atoms with E-state index in [1.165, 1.54) is 0 Å². The summed E-state index contributed by atoms with van der Waals surface area (Å²) in [6.45, 7) is 0. The molecule has 12 heavy (non-hydrogen) atoms. The third kappa shape index (κ3) is 3.24. The number of thiol groups is 1. The Labute approximate surface area is 85.4 Å². The maximum absolute atomic E-state index is 4.04. The number of rotatable bonds is 1. The molecule has 2 nitrogen and oxygen atoms in total. The van der Waals surface area contributed by atoms with E-state index in [1.807, 2.05) is 0 Å². The van der Waals surface area contributed by atoms with Gasteiger partial charge in [-0.1, -0.05) is 5.92 Å². The van der Waals surface area contributed by atoms with Crippen molar-refractivity contribution in [2.24, 2.45) is 0 Å². The zero-order valence-electron chi connectivity index (χ0n) is 6.29. The number of hydrogen-bond acceptors (Lipinski definition) is 3. The molecule has 0 spiro atoms. The van der Waals surface area contributed by atoms with E-state index < -0.39 is 0 Å². The van der Waals surface area contributed by atoms with Crippen molar-refractivity contribution in [1.82, 2.24) is 9.97 Å². The fourth-order valence-electron chi connectivity index (χ4n) is 0.586. The number of aromatic nitrogens is 2. The molecule has 0 aliphatic heterocycles. The van der Waals surface area contributed by atoms with Crippen LogP contribution in [-0.2, 0) is 0 Å². The Morgan fingerprint density at radius 1 is 1.42 bits per heavy atom. The van der Waals surface area contributed by atoms with Gasteiger partial charge in [0.2, 0.25) is 0 Å². The van der Waals surface area contributed by atoms with Gasteiger partial charge in [0.15, 0.2) is 0 Å². The van der Waals surface area contributed by atoms with E-state index >= 15 is 0 Å². The molecule has 0 aromatic carbocycles. The first-order valence-electron chi connectivity index (χ1n) is 3.40. The molecule has 62 valence electrons. The largest absolute Gasteiger partial charge is 0.245 e. The molecule has 0 N–H and O–H groups in total. The summed E-state index contributed by atoms with van der Waals surface area (Å²) >= 11 is 7.23. The lowest BCUT2D eigenvalue weighted by atomic mass is 10.4. The van der Waals surface area contributed by atoms with E-state index in [9.17, 15) is 0 Å². The molecule has 0 radical (unpaired) electrons. The Balaban J connectivity index is 2.66. The minimum atomic E-state index is 0.694. The van der Waals surface area contributed by atoms with Gasteiger partial charge in [0, 0.05) is 12.2 Å². The van der Waals surface area contributed by atoms with Crippen LogP contribution < -0.4 is 0 Å². The average molecular weight is 243 g/mol. The zero-order chi connectivity index (χ0) is 8.81. The third-order valence-corrected chi connectivity index (χ3v) is 1.71. The normalized spacial score (nSPS) is 8.83. The molecule has 0 saturated heterocycles. The van der Waals surface area contributed by atoms with Crippen LogP contribution in [0.15, 0.2) is 17.0 Å². The highest BCUT2D eigenvalue weighted by Gasteiger charge is 1.88. The van der Waals surface area contributed by atoms with Crippen molar-refractivity contribution in [3.8, 4) is 11.8 Å². The Hall–Kier alpha value is -0.530. The first kappa shape index (κ1) is 9.56. The molecule has 0 unspecified atom stereocenters. The Morgan fingerprint density at radius 3 is 2.83 bits per heavy atom. The van der Waals surface area contributed by atoms with E-state index in [0.717, 1.165) is 16.8 Å². The molecular weight excluding hydrogens is 236 g/mol. The molecule has 0 fully saturated rings. The minimum absolute atomic E-state index is 0.694. The van der Waals surface area contributed by atoms with Crippen LogP contribution in [0.1, 0.15) is 12.1 Å².